The third kappa shape index (κ3) is 2.33. The Morgan fingerprint density at radius 1 is 1.53 bits per heavy atom. The van der Waals surface area contributed by atoms with Gasteiger partial charge in [-0.15, -0.1) is 0 Å². The molecule has 1 aromatic heterocycles. The van der Waals surface area contributed by atoms with Gasteiger partial charge in [-0.25, -0.2) is 9.98 Å². The van der Waals surface area contributed by atoms with Crippen molar-refractivity contribution in [2.24, 2.45) is 4.99 Å². The maximum atomic E-state index is 12.3. The van der Waals surface area contributed by atoms with Crippen LogP contribution in [0.4, 0.5) is 13.2 Å². The smallest absolute Gasteiger partial charge is 0.265 e. The predicted octanol–water partition coefficient (Wildman–Crippen LogP) is 2.59. The Morgan fingerprint density at radius 2 is 2.13 bits per heavy atom. The molecule has 0 saturated carbocycles. The molecule has 0 aliphatic carbocycles. The molecular formula is C8H4ClF3N2O. The molecule has 1 rings (SSSR count). The highest BCUT2D eigenvalue weighted by molar-refractivity contribution is 6.34. The van der Waals surface area contributed by atoms with E-state index < -0.39 is 28.4 Å². The normalized spacial score (nSPS) is 11.2. The van der Waals surface area contributed by atoms with Gasteiger partial charge in [0.2, 0.25) is 0 Å². The summed E-state index contributed by atoms with van der Waals surface area (Å²) in [5.74, 6) is -0.994. The molecule has 1 aromatic rings. The molecule has 0 saturated heterocycles. The van der Waals surface area contributed by atoms with Crippen LogP contribution in [0.2, 0.25) is 5.02 Å². The lowest BCUT2D eigenvalue weighted by atomic mass is 10.2. The van der Waals surface area contributed by atoms with E-state index in [1.54, 1.807) is 0 Å². The van der Waals surface area contributed by atoms with Gasteiger partial charge in [-0.1, -0.05) is 11.6 Å². The molecule has 3 nitrogen and oxygen atoms in total. The highest BCUT2D eigenvalue weighted by Crippen LogP contribution is 2.35. The van der Waals surface area contributed by atoms with E-state index in [1.807, 2.05) is 0 Å². The van der Waals surface area contributed by atoms with E-state index in [4.69, 9.17) is 11.6 Å². The van der Waals surface area contributed by atoms with Crippen molar-refractivity contribution in [3.63, 3.8) is 0 Å². The van der Waals surface area contributed by atoms with Crippen molar-refractivity contribution in [3.05, 3.63) is 28.5 Å². The summed E-state index contributed by atoms with van der Waals surface area (Å²) in [5, 5.41) is -0.762. The predicted molar refractivity (Wildman–Crippen MR) is 48.1 cm³/mol. The number of nitrogens with zero attached hydrogens (tertiary/aromatic N) is 2. The summed E-state index contributed by atoms with van der Waals surface area (Å²) in [6, 6.07) is 0.683. The van der Waals surface area contributed by atoms with Gasteiger partial charge in [0.05, 0.1) is 10.6 Å². The third-order valence-corrected chi connectivity index (χ3v) is 1.92. The summed E-state index contributed by atoms with van der Waals surface area (Å²) in [4.78, 5) is 17.3. The number of rotatable bonds is 1. The van der Waals surface area contributed by atoms with Crippen LogP contribution in [0.1, 0.15) is 16.1 Å². The molecular weight excluding hydrogens is 233 g/mol. The molecule has 0 fully saturated rings. The van der Waals surface area contributed by atoms with E-state index in [0.717, 1.165) is 6.20 Å². The van der Waals surface area contributed by atoms with E-state index in [-0.39, 0.29) is 0 Å². The average Bonchev–Trinajstić information content (AvgIpc) is 2.15. The summed E-state index contributed by atoms with van der Waals surface area (Å²) in [5.41, 5.74) is -1.67. The topological polar surface area (TPSA) is 42.3 Å². The summed E-state index contributed by atoms with van der Waals surface area (Å²) < 4.78 is 37.0. The number of halogens is 4. The highest BCUT2D eigenvalue weighted by atomic mass is 35.5. The minimum Gasteiger partial charge on any atom is -0.265 e. The minimum atomic E-state index is -4.63. The van der Waals surface area contributed by atoms with Crippen LogP contribution in [0.25, 0.3) is 0 Å². The molecule has 0 atom stereocenters. The highest BCUT2D eigenvalue weighted by Gasteiger charge is 2.35. The van der Waals surface area contributed by atoms with Crippen LogP contribution in [0, 0.1) is 0 Å². The summed E-state index contributed by atoms with van der Waals surface area (Å²) in [6.07, 6.45) is -3.79. The summed E-state index contributed by atoms with van der Waals surface area (Å²) >= 11 is 5.38. The van der Waals surface area contributed by atoms with Gasteiger partial charge in [0.25, 0.3) is 5.91 Å². The zero-order valence-corrected chi connectivity index (χ0v) is 7.93. The fourth-order valence-electron chi connectivity index (χ4n) is 0.887. The van der Waals surface area contributed by atoms with Crippen LogP contribution >= 0.6 is 11.6 Å². The number of pyridine rings is 1. The van der Waals surface area contributed by atoms with Crippen molar-refractivity contribution >= 4 is 24.2 Å². The first kappa shape index (κ1) is 11.6. The van der Waals surface area contributed by atoms with E-state index in [2.05, 4.69) is 16.7 Å². The summed E-state index contributed by atoms with van der Waals surface area (Å²) in [7, 11) is 0. The van der Waals surface area contributed by atoms with Gasteiger partial charge >= 0.3 is 6.18 Å². The van der Waals surface area contributed by atoms with Gasteiger partial charge in [0.1, 0.15) is 5.69 Å². The maximum absolute atomic E-state index is 12.3. The maximum Gasteiger partial charge on any atom is 0.417 e. The Hall–Kier alpha value is -1.43. The zero-order chi connectivity index (χ0) is 11.6. The molecule has 0 aliphatic rings. The Kier molecular flexibility index (Phi) is 3.09. The molecule has 0 spiro atoms. The van der Waals surface area contributed by atoms with Crippen LogP contribution in [-0.4, -0.2) is 17.6 Å². The van der Waals surface area contributed by atoms with Crippen molar-refractivity contribution in [2.75, 3.05) is 0 Å². The third-order valence-electron chi connectivity index (χ3n) is 1.54. The molecule has 1 amide bonds. The molecule has 0 radical (unpaired) electrons. The van der Waals surface area contributed by atoms with E-state index in [9.17, 15) is 18.0 Å². The van der Waals surface area contributed by atoms with Crippen LogP contribution in [-0.2, 0) is 6.18 Å². The number of aliphatic imine (C=N–C) groups is 1. The van der Waals surface area contributed by atoms with E-state index in [0.29, 0.717) is 6.07 Å². The largest absolute Gasteiger partial charge is 0.417 e. The molecule has 0 unspecified atom stereocenters. The fraction of sp³-hybridized carbons (Fsp3) is 0.125. The molecule has 15 heavy (non-hydrogen) atoms. The summed E-state index contributed by atoms with van der Waals surface area (Å²) in [6.45, 7) is 2.89. The Labute approximate surface area is 87.6 Å². The van der Waals surface area contributed by atoms with Crippen molar-refractivity contribution < 1.29 is 18.0 Å². The van der Waals surface area contributed by atoms with Crippen molar-refractivity contribution in [3.8, 4) is 0 Å². The number of carbonyl (C=O) groups excluding carboxylic acids is 1. The molecule has 1 heterocycles. The second kappa shape index (κ2) is 3.98. The van der Waals surface area contributed by atoms with Crippen LogP contribution < -0.4 is 0 Å². The minimum absolute atomic E-state index is 0.554. The van der Waals surface area contributed by atoms with Crippen molar-refractivity contribution in [1.29, 1.82) is 0 Å². The Bertz CT molecular complexity index is 417. The molecule has 0 aliphatic heterocycles. The zero-order valence-electron chi connectivity index (χ0n) is 7.18. The molecule has 0 bridgehead atoms. The van der Waals surface area contributed by atoms with Crippen LogP contribution in [0.15, 0.2) is 17.3 Å². The van der Waals surface area contributed by atoms with Crippen LogP contribution in [0.5, 0.6) is 0 Å². The van der Waals surface area contributed by atoms with Gasteiger partial charge in [-0.3, -0.25) is 4.79 Å². The first-order valence-electron chi connectivity index (χ1n) is 3.60. The Balaban J connectivity index is 3.36. The number of alkyl halides is 3. The van der Waals surface area contributed by atoms with Gasteiger partial charge in [-0.2, -0.15) is 13.2 Å². The lowest BCUT2D eigenvalue weighted by molar-refractivity contribution is -0.137. The van der Waals surface area contributed by atoms with E-state index >= 15 is 0 Å². The number of aromatic nitrogens is 1. The van der Waals surface area contributed by atoms with Gasteiger partial charge < -0.3 is 0 Å². The second-order valence-electron chi connectivity index (χ2n) is 2.48. The number of hydrogen-bond donors (Lipinski definition) is 0. The number of amides is 1. The lowest BCUT2D eigenvalue weighted by Crippen LogP contribution is -2.10. The Morgan fingerprint density at radius 3 is 2.60 bits per heavy atom. The standard InChI is InChI=1S/C8H4ClF3N2O/c1-13-7(15)6-5(9)4(2-3-14-6)8(10,11)12/h2-3H,1H2. The number of carbonyl (C=O) groups is 1. The SMILES string of the molecule is C=NC(=O)c1nccc(C(F)(F)F)c1Cl. The van der Waals surface area contributed by atoms with Crippen molar-refractivity contribution in [2.45, 2.75) is 6.18 Å². The lowest BCUT2D eigenvalue weighted by Gasteiger charge is -2.09. The molecule has 0 N–H and O–H groups in total. The van der Waals surface area contributed by atoms with E-state index in [1.165, 1.54) is 0 Å². The first-order chi connectivity index (χ1) is 6.88. The quantitative estimate of drug-likeness (QED) is 0.704. The average molecular weight is 237 g/mol. The van der Waals surface area contributed by atoms with Gasteiger partial charge in [-0.05, 0) is 12.8 Å². The fourth-order valence-corrected chi connectivity index (χ4v) is 1.19. The molecule has 7 heteroatoms. The molecule has 0 aromatic carbocycles. The van der Waals surface area contributed by atoms with Crippen LogP contribution in [0.3, 0.4) is 0 Å². The second-order valence-corrected chi connectivity index (χ2v) is 2.86. The number of hydrogen-bond acceptors (Lipinski definition) is 2. The van der Waals surface area contributed by atoms with Gasteiger partial charge in [0.15, 0.2) is 0 Å². The first-order valence-corrected chi connectivity index (χ1v) is 3.98. The monoisotopic (exact) mass is 236 g/mol. The van der Waals surface area contributed by atoms with Crippen molar-refractivity contribution in [1.82, 2.24) is 4.98 Å². The molecule has 80 valence electrons. The van der Waals surface area contributed by atoms with Gasteiger partial charge in [0, 0.05) is 6.20 Å².